The van der Waals surface area contributed by atoms with Crippen molar-refractivity contribution in [3.8, 4) is 0 Å². The van der Waals surface area contributed by atoms with Gasteiger partial charge in [-0.15, -0.1) is 0 Å². The lowest BCUT2D eigenvalue weighted by Gasteiger charge is -2.17. The number of nitrogens with zero attached hydrogens (tertiary/aromatic N) is 2. The topological polar surface area (TPSA) is 82.8 Å². The van der Waals surface area contributed by atoms with E-state index in [1.165, 1.54) is 12.8 Å². The van der Waals surface area contributed by atoms with Crippen molar-refractivity contribution >= 4 is 11.9 Å². The summed E-state index contributed by atoms with van der Waals surface area (Å²) in [6, 6.07) is 0.503. The van der Waals surface area contributed by atoms with Gasteiger partial charge in [0.05, 0.1) is 6.54 Å². The molecule has 1 fully saturated rings. The Bertz CT molecular complexity index is 271. The van der Waals surface area contributed by atoms with E-state index in [0.717, 1.165) is 13.1 Å². The van der Waals surface area contributed by atoms with Crippen molar-refractivity contribution in [3.63, 3.8) is 0 Å². The van der Waals surface area contributed by atoms with Gasteiger partial charge in [-0.2, -0.15) is 0 Å². The van der Waals surface area contributed by atoms with E-state index in [4.69, 9.17) is 5.84 Å². The van der Waals surface area contributed by atoms with Crippen molar-refractivity contribution in [3.05, 3.63) is 0 Å². The summed E-state index contributed by atoms with van der Waals surface area (Å²) in [5, 5.41) is 3.16. The predicted molar refractivity (Wildman–Crippen MR) is 68.3 cm³/mol. The van der Waals surface area contributed by atoms with Gasteiger partial charge in [-0.05, 0) is 26.7 Å². The molecule has 0 saturated heterocycles. The molecule has 0 aromatic carbocycles. The molecular weight excluding hydrogens is 218 g/mol. The summed E-state index contributed by atoms with van der Waals surface area (Å²) in [5.74, 6) is 6.06. The third-order valence-electron chi connectivity index (χ3n) is 2.77. The van der Waals surface area contributed by atoms with E-state index in [1.807, 2.05) is 13.8 Å². The Labute approximate surface area is 103 Å². The largest absolute Gasteiger partial charge is 0.353 e. The zero-order valence-corrected chi connectivity index (χ0v) is 10.7. The lowest BCUT2D eigenvalue weighted by molar-refractivity contribution is -0.130. The van der Waals surface area contributed by atoms with Crippen LogP contribution in [0.3, 0.4) is 0 Å². The van der Waals surface area contributed by atoms with Crippen molar-refractivity contribution in [2.45, 2.75) is 39.2 Å². The van der Waals surface area contributed by atoms with Crippen molar-refractivity contribution in [1.82, 2.24) is 15.6 Å². The number of nitrogens with two attached hydrogens (primary N) is 1. The lowest BCUT2D eigenvalue weighted by atomic mass is 10.3. The van der Waals surface area contributed by atoms with Gasteiger partial charge in [0.2, 0.25) is 11.9 Å². The number of amides is 1. The molecule has 0 spiro atoms. The normalized spacial score (nSPS) is 15.6. The van der Waals surface area contributed by atoms with Gasteiger partial charge in [-0.1, -0.05) is 0 Å². The highest BCUT2D eigenvalue weighted by atomic mass is 16.2. The van der Waals surface area contributed by atoms with E-state index in [0.29, 0.717) is 25.0 Å². The van der Waals surface area contributed by atoms with E-state index in [-0.39, 0.29) is 5.91 Å². The molecule has 17 heavy (non-hydrogen) atoms. The molecule has 1 rings (SSSR count). The van der Waals surface area contributed by atoms with Crippen LogP contribution in [0.5, 0.6) is 0 Å². The molecule has 4 N–H and O–H groups in total. The Morgan fingerprint density at radius 1 is 1.41 bits per heavy atom. The number of hydrogen-bond acceptors (Lipinski definition) is 3. The molecule has 0 heterocycles. The van der Waals surface area contributed by atoms with E-state index in [1.54, 1.807) is 4.90 Å². The van der Waals surface area contributed by atoms with Crippen LogP contribution in [0.2, 0.25) is 0 Å². The maximum absolute atomic E-state index is 11.7. The third-order valence-corrected chi connectivity index (χ3v) is 2.77. The molecular formula is C11H23N5O. The molecule has 1 saturated carbocycles. The number of nitrogens with one attached hydrogen (secondary N) is 2. The highest BCUT2D eigenvalue weighted by Gasteiger charge is 2.21. The first-order valence-electron chi connectivity index (χ1n) is 6.26. The fraction of sp³-hybridized carbons (Fsp3) is 0.818. The van der Waals surface area contributed by atoms with Crippen LogP contribution in [-0.4, -0.2) is 42.4 Å². The van der Waals surface area contributed by atoms with Gasteiger partial charge in [-0.25, -0.2) is 5.84 Å². The fourth-order valence-electron chi connectivity index (χ4n) is 1.55. The van der Waals surface area contributed by atoms with Gasteiger partial charge in [0, 0.05) is 25.6 Å². The number of carbonyl (C=O) groups excluding carboxylic acids is 1. The summed E-state index contributed by atoms with van der Waals surface area (Å²) < 4.78 is 0. The molecule has 0 bridgehead atoms. The number of hydrogen-bond donors (Lipinski definition) is 3. The number of carbonyl (C=O) groups is 1. The molecule has 98 valence electrons. The second-order valence-electron chi connectivity index (χ2n) is 4.11. The summed E-state index contributed by atoms with van der Waals surface area (Å²) >= 11 is 0. The van der Waals surface area contributed by atoms with Crippen LogP contribution in [0.1, 0.15) is 33.1 Å². The smallest absolute Gasteiger partial charge is 0.224 e. The second-order valence-corrected chi connectivity index (χ2v) is 4.11. The lowest BCUT2D eigenvalue weighted by Crippen LogP contribution is -2.42. The first-order valence-corrected chi connectivity index (χ1v) is 6.26. The molecule has 1 amide bonds. The quantitative estimate of drug-likeness (QED) is 0.261. The molecule has 0 unspecified atom stereocenters. The summed E-state index contributed by atoms with van der Waals surface area (Å²) in [7, 11) is 0. The fourth-order valence-corrected chi connectivity index (χ4v) is 1.55. The van der Waals surface area contributed by atoms with Crippen LogP contribution < -0.4 is 16.6 Å². The summed E-state index contributed by atoms with van der Waals surface area (Å²) in [6.45, 7) is 5.93. The molecule has 0 atom stereocenters. The van der Waals surface area contributed by atoms with Gasteiger partial charge < -0.3 is 10.2 Å². The van der Waals surface area contributed by atoms with Gasteiger partial charge in [0.1, 0.15) is 0 Å². The van der Waals surface area contributed by atoms with E-state index in [2.05, 4.69) is 15.7 Å². The number of rotatable bonds is 6. The molecule has 1 aliphatic rings. The summed E-state index contributed by atoms with van der Waals surface area (Å²) in [5.41, 5.74) is 2.52. The minimum atomic E-state index is 0.140. The Hall–Kier alpha value is -1.30. The van der Waals surface area contributed by atoms with E-state index >= 15 is 0 Å². The first-order chi connectivity index (χ1) is 8.21. The van der Waals surface area contributed by atoms with Gasteiger partial charge in [-0.3, -0.25) is 15.2 Å². The van der Waals surface area contributed by atoms with Crippen LogP contribution in [-0.2, 0) is 4.79 Å². The Kier molecular flexibility index (Phi) is 5.76. The minimum Gasteiger partial charge on any atom is -0.353 e. The third kappa shape index (κ3) is 5.04. The number of hydrazine groups is 1. The van der Waals surface area contributed by atoms with Crippen LogP contribution >= 0.6 is 0 Å². The predicted octanol–water partition coefficient (Wildman–Crippen LogP) is -0.184. The molecule has 0 aliphatic heterocycles. The highest BCUT2D eigenvalue weighted by Crippen LogP contribution is 2.18. The Morgan fingerprint density at radius 2 is 2.06 bits per heavy atom. The number of guanidine groups is 1. The standard InChI is InChI=1S/C11H23N5O/c1-3-16(4-2)10(17)7-8-13-11(15-12)14-9-5-6-9/h9H,3-8,12H2,1-2H3,(H2,13,14,15). The molecule has 6 nitrogen and oxygen atoms in total. The summed E-state index contributed by atoms with van der Waals surface area (Å²) in [6.07, 6.45) is 2.76. The monoisotopic (exact) mass is 241 g/mol. The average Bonchev–Trinajstić information content (AvgIpc) is 3.13. The molecule has 0 radical (unpaired) electrons. The average molecular weight is 241 g/mol. The maximum atomic E-state index is 11.7. The van der Waals surface area contributed by atoms with E-state index in [9.17, 15) is 4.79 Å². The molecule has 1 aliphatic carbocycles. The molecule has 0 aromatic heterocycles. The van der Waals surface area contributed by atoms with Crippen LogP contribution in [0.4, 0.5) is 0 Å². The van der Waals surface area contributed by atoms with Crippen molar-refractivity contribution < 1.29 is 4.79 Å². The number of aliphatic imine (C=N–C) groups is 1. The molecule has 0 aromatic rings. The Balaban J connectivity index is 2.27. The van der Waals surface area contributed by atoms with Gasteiger partial charge in [0.15, 0.2) is 0 Å². The van der Waals surface area contributed by atoms with Gasteiger partial charge >= 0.3 is 0 Å². The van der Waals surface area contributed by atoms with Crippen molar-refractivity contribution in [2.75, 3.05) is 19.6 Å². The minimum absolute atomic E-state index is 0.140. The van der Waals surface area contributed by atoms with Crippen LogP contribution in [0, 0.1) is 0 Å². The summed E-state index contributed by atoms with van der Waals surface area (Å²) in [4.78, 5) is 17.7. The zero-order chi connectivity index (χ0) is 12.7. The zero-order valence-electron chi connectivity index (χ0n) is 10.7. The Morgan fingerprint density at radius 3 is 2.53 bits per heavy atom. The van der Waals surface area contributed by atoms with E-state index < -0.39 is 0 Å². The van der Waals surface area contributed by atoms with Gasteiger partial charge in [0.25, 0.3) is 0 Å². The van der Waals surface area contributed by atoms with Crippen molar-refractivity contribution in [1.29, 1.82) is 0 Å². The maximum Gasteiger partial charge on any atom is 0.224 e. The first kappa shape index (κ1) is 13.8. The SMILES string of the molecule is CCN(CC)C(=O)CCN=C(NN)NC1CC1. The molecule has 6 heteroatoms. The van der Waals surface area contributed by atoms with Crippen molar-refractivity contribution in [2.24, 2.45) is 10.8 Å². The highest BCUT2D eigenvalue weighted by molar-refractivity contribution is 5.80. The van der Waals surface area contributed by atoms with Crippen LogP contribution in [0.25, 0.3) is 0 Å². The van der Waals surface area contributed by atoms with Crippen LogP contribution in [0.15, 0.2) is 4.99 Å². The second kappa shape index (κ2) is 7.11.